The molecule has 0 aromatic rings. The van der Waals surface area contributed by atoms with Gasteiger partial charge >= 0.3 is 0 Å². The molecule has 0 aromatic carbocycles. The number of hydrogen-bond donors (Lipinski definition) is 3. The highest BCUT2D eigenvalue weighted by atomic mass is 16.2. The second-order valence-corrected chi connectivity index (χ2v) is 3.39. The van der Waals surface area contributed by atoms with E-state index in [4.69, 9.17) is 11.5 Å². The van der Waals surface area contributed by atoms with Crippen LogP contribution in [0.3, 0.4) is 0 Å². The van der Waals surface area contributed by atoms with Crippen molar-refractivity contribution in [2.24, 2.45) is 17.4 Å². The predicted octanol–water partition coefficient (Wildman–Crippen LogP) is -1.28. The zero-order valence-corrected chi connectivity index (χ0v) is 7.45. The Balaban J connectivity index is 2.34. The summed E-state index contributed by atoms with van der Waals surface area (Å²) in [5, 5.41) is 2.46. The average Bonchev–Trinajstić information content (AvgIpc) is 2.47. The Hall–Kier alpha value is -1.10. The number of nitrogens with two attached hydrogens (primary N) is 2. The minimum Gasteiger partial charge on any atom is -0.368 e. The van der Waals surface area contributed by atoms with Crippen molar-refractivity contribution < 1.29 is 9.59 Å². The summed E-state index contributed by atoms with van der Waals surface area (Å²) in [5.41, 5.74) is 10.6. The quantitative estimate of drug-likeness (QED) is 0.510. The van der Waals surface area contributed by atoms with E-state index in [-0.39, 0.29) is 24.4 Å². The molecule has 1 aliphatic rings. The van der Waals surface area contributed by atoms with Crippen LogP contribution in [0.25, 0.3) is 0 Å². The standard InChI is InChI=1S/C8H15N3O2/c9-6-3-1-2-5(6)8(13)11-4-7(10)12/h5-6H,1-4,9H2,(H2,10,12)(H,11,13). The van der Waals surface area contributed by atoms with Crippen molar-refractivity contribution in [2.45, 2.75) is 25.3 Å². The summed E-state index contributed by atoms with van der Waals surface area (Å²) >= 11 is 0. The molecule has 2 amide bonds. The van der Waals surface area contributed by atoms with E-state index in [0.717, 1.165) is 19.3 Å². The second-order valence-electron chi connectivity index (χ2n) is 3.39. The largest absolute Gasteiger partial charge is 0.368 e. The third-order valence-electron chi connectivity index (χ3n) is 2.34. The Labute approximate surface area is 76.8 Å². The zero-order valence-electron chi connectivity index (χ0n) is 7.45. The van der Waals surface area contributed by atoms with Gasteiger partial charge in [0.1, 0.15) is 0 Å². The Kier molecular flexibility index (Phi) is 3.25. The van der Waals surface area contributed by atoms with E-state index in [2.05, 4.69) is 5.32 Å². The van der Waals surface area contributed by atoms with Gasteiger partial charge in [0.05, 0.1) is 12.5 Å². The molecule has 0 aliphatic heterocycles. The number of amides is 2. The second kappa shape index (κ2) is 4.23. The fourth-order valence-corrected chi connectivity index (χ4v) is 1.62. The molecule has 0 radical (unpaired) electrons. The summed E-state index contributed by atoms with van der Waals surface area (Å²) in [6.07, 6.45) is 2.68. The Bertz CT molecular complexity index is 217. The molecule has 0 spiro atoms. The molecule has 0 aromatic heterocycles. The molecule has 5 heteroatoms. The summed E-state index contributed by atoms with van der Waals surface area (Å²) in [6, 6.07) is -0.0622. The lowest BCUT2D eigenvalue weighted by atomic mass is 10.0. The van der Waals surface area contributed by atoms with E-state index in [1.165, 1.54) is 0 Å². The maximum atomic E-state index is 11.4. The molecule has 0 bridgehead atoms. The molecule has 1 rings (SSSR count). The zero-order chi connectivity index (χ0) is 9.84. The molecule has 1 saturated carbocycles. The first-order valence-corrected chi connectivity index (χ1v) is 4.43. The van der Waals surface area contributed by atoms with Crippen molar-refractivity contribution in [3.63, 3.8) is 0 Å². The molecular formula is C8H15N3O2. The van der Waals surface area contributed by atoms with Gasteiger partial charge in [0.2, 0.25) is 11.8 Å². The summed E-state index contributed by atoms with van der Waals surface area (Å²) in [7, 11) is 0. The highest BCUT2D eigenvalue weighted by Crippen LogP contribution is 2.23. The smallest absolute Gasteiger partial charge is 0.236 e. The molecule has 0 saturated heterocycles. The maximum Gasteiger partial charge on any atom is 0.236 e. The minimum atomic E-state index is -0.528. The van der Waals surface area contributed by atoms with Crippen molar-refractivity contribution in [3.8, 4) is 0 Å². The van der Waals surface area contributed by atoms with Crippen LogP contribution in [0.4, 0.5) is 0 Å². The van der Waals surface area contributed by atoms with Gasteiger partial charge in [-0.1, -0.05) is 6.42 Å². The average molecular weight is 185 g/mol. The van der Waals surface area contributed by atoms with Crippen molar-refractivity contribution in [1.29, 1.82) is 0 Å². The van der Waals surface area contributed by atoms with Crippen LogP contribution in [-0.2, 0) is 9.59 Å². The van der Waals surface area contributed by atoms with E-state index in [9.17, 15) is 9.59 Å². The SMILES string of the molecule is NC(=O)CNC(=O)C1CCCC1N. The number of carbonyl (C=O) groups is 2. The summed E-state index contributed by atoms with van der Waals surface area (Å²) in [6.45, 7) is -0.0952. The lowest BCUT2D eigenvalue weighted by Gasteiger charge is -2.13. The van der Waals surface area contributed by atoms with E-state index in [0.29, 0.717) is 0 Å². The van der Waals surface area contributed by atoms with E-state index >= 15 is 0 Å². The molecule has 5 nitrogen and oxygen atoms in total. The van der Waals surface area contributed by atoms with Crippen molar-refractivity contribution >= 4 is 11.8 Å². The first-order chi connectivity index (χ1) is 6.11. The van der Waals surface area contributed by atoms with Gasteiger partial charge in [-0.3, -0.25) is 9.59 Å². The van der Waals surface area contributed by atoms with Crippen LogP contribution in [0.5, 0.6) is 0 Å². The van der Waals surface area contributed by atoms with Crippen LogP contribution in [0.15, 0.2) is 0 Å². The van der Waals surface area contributed by atoms with Gasteiger partial charge in [-0.2, -0.15) is 0 Å². The molecule has 2 atom stereocenters. The maximum absolute atomic E-state index is 11.4. The third-order valence-corrected chi connectivity index (χ3v) is 2.34. The van der Waals surface area contributed by atoms with Crippen molar-refractivity contribution in [3.05, 3.63) is 0 Å². The number of primary amides is 1. The normalized spacial score (nSPS) is 27.2. The highest BCUT2D eigenvalue weighted by Gasteiger charge is 2.29. The van der Waals surface area contributed by atoms with Crippen LogP contribution in [0.2, 0.25) is 0 Å². The molecular weight excluding hydrogens is 170 g/mol. The van der Waals surface area contributed by atoms with E-state index in [1.807, 2.05) is 0 Å². The van der Waals surface area contributed by atoms with Gasteiger partial charge in [0, 0.05) is 6.04 Å². The summed E-state index contributed by atoms with van der Waals surface area (Å²) in [5.74, 6) is -0.817. The Morgan fingerprint density at radius 2 is 2.08 bits per heavy atom. The number of hydrogen-bond acceptors (Lipinski definition) is 3. The first kappa shape index (κ1) is 9.98. The minimum absolute atomic E-state index is 0.0622. The van der Waals surface area contributed by atoms with E-state index < -0.39 is 5.91 Å². The van der Waals surface area contributed by atoms with Crippen LogP contribution in [0, 0.1) is 5.92 Å². The molecule has 1 aliphatic carbocycles. The summed E-state index contributed by atoms with van der Waals surface area (Å²) < 4.78 is 0. The van der Waals surface area contributed by atoms with Crippen LogP contribution >= 0.6 is 0 Å². The van der Waals surface area contributed by atoms with Gasteiger partial charge in [-0.25, -0.2) is 0 Å². The van der Waals surface area contributed by atoms with Gasteiger partial charge in [0.25, 0.3) is 0 Å². The van der Waals surface area contributed by atoms with Crippen molar-refractivity contribution in [2.75, 3.05) is 6.54 Å². The topological polar surface area (TPSA) is 98.2 Å². The number of carbonyl (C=O) groups excluding carboxylic acids is 2. The van der Waals surface area contributed by atoms with Crippen molar-refractivity contribution in [1.82, 2.24) is 5.32 Å². The van der Waals surface area contributed by atoms with Crippen LogP contribution < -0.4 is 16.8 Å². The lowest BCUT2D eigenvalue weighted by molar-refractivity contribution is -0.127. The molecule has 2 unspecified atom stereocenters. The van der Waals surface area contributed by atoms with Gasteiger partial charge in [-0.15, -0.1) is 0 Å². The molecule has 5 N–H and O–H groups in total. The lowest BCUT2D eigenvalue weighted by Crippen LogP contribution is -2.41. The van der Waals surface area contributed by atoms with Gasteiger partial charge in [-0.05, 0) is 12.8 Å². The van der Waals surface area contributed by atoms with Crippen LogP contribution in [0.1, 0.15) is 19.3 Å². The van der Waals surface area contributed by atoms with Gasteiger partial charge in [0.15, 0.2) is 0 Å². The molecule has 0 heterocycles. The summed E-state index contributed by atoms with van der Waals surface area (Å²) in [4.78, 5) is 21.7. The number of rotatable bonds is 3. The van der Waals surface area contributed by atoms with Crippen LogP contribution in [-0.4, -0.2) is 24.4 Å². The van der Waals surface area contributed by atoms with Gasteiger partial charge < -0.3 is 16.8 Å². The first-order valence-electron chi connectivity index (χ1n) is 4.43. The predicted molar refractivity (Wildman–Crippen MR) is 47.5 cm³/mol. The molecule has 1 fully saturated rings. The Morgan fingerprint density at radius 3 is 2.54 bits per heavy atom. The highest BCUT2D eigenvalue weighted by molar-refractivity contribution is 5.85. The Morgan fingerprint density at radius 1 is 1.38 bits per heavy atom. The monoisotopic (exact) mass is 185 g/mol. The van der Waals surface area contributed by atoms with E-state index in [1.54, 1.807) is 0 Å². The fourth-order valence-electron chi connectivity index (χ4n) is 1.62. The third kappa shape index (κ3) is 2.69. The fraction of sp³-hybridized carbons (Fsp3) is 0.750. The molecule has 74 valence electrons. The molecule has 13 heavy (non-hydrogen) atoms. The number of nitrogens with one attached hydrogen (secondary N) is 1.